The Kier molecular flexibility index (Phi) is 6.09. The van der Waals surface area contributed by atoms with Crippen molar-refractivity contribution in [3.05, 3.63) is 12.2 Å². The van der Waals surface area contributed by atoms with Gasteiger partial charge in [0.05, 0.1) is 0 Å². The zero-order chi connectivity index (χ0) is 10.9. The van der Waals surface area contributed by atoms with Gasteiger partial charge in [0.25, 0.3) is 0 Å². The van der Waals surface area contributed by atoms with Crippen molar-refractivity contribution in [2.24, 2.45) is 5.92 Å². The van der Waals surface area contributed by atoms with Gasteiger partial charge in [-0.2, -0.15) is 0 Å². The van der Waals surface area contributed by atoms with Crippen molar-refractivity contribution < 1.29 is 9.53 Å². The molecule has 0 heterocycles. The van der Waals surface area contributed by atoms with Gasteiger partial charge >= 0.3 is 0 Å². The maximum atomic E-state index is 11.4. The van der Waals surface area contributed by atoms with Gasteiger partial charge < -0.3 is 10.1 Å². The minimum absolute atomic E-state index is 0.169. The van der Waals surface area contributed by atoms with Gasteiger partial charge in [0.15, 0.2) is 0 Å². The molecule has 1 rings (SSSR count). The molecule has 3 heteroatoms. The molecule has 1 atom stereocenters. The van der Waals surface area contributed by atoms with Crippen LogP contribution < -0.4 is 5.32 Å². The molecule has 0 saturated heterocycles. The van der Waals surface area contributed by atoms with E-state index in [0.29, 0.717) is 12.3 Å². The average Bonchev–Trinajstić information content (AvgIpc) is 2.70. The SMILES string of the molecule is CCOCCCNC(=O)CC1C=CCC1. The summed E-state index contributed by atoms with van der Waals surface area (Å²) in [6.45, 7) is 4.20. The summed E-state index contributed by atoms with van der Waals surface area (Å²) in [5.74, 6) is 0.639. The largest absolute Gasteiger partial charge is 0.382 e. The quantitative estimate of drug-likeness (QED) is 0.516. The van der Waals surface area contributed by atoms with Crippen LogP contribution in [0, 0.1) is 5.92 Å². The number of ether oxygens (including phenoxy) is 1. The lowest BCUT2D eigenvalue weighted by atomic mass is 10.1. The molecule has 1 amide bonds. The van der Waals surface area contributed by atoms with E-state index in [1.807, 2.05) is 6.92 Å². The van der Waals surface area contributed by atoms with Crippen molar-refractivity contribution in [1.29, 1.82) is 0 Å². The van der Waals surface area contributed by atoms with Crippen LogP contribution in [-0.4, -0.2) is 25.7 Å². The number of hydrogen-bond acceptors (Lipinski definition) is 2. The Labute approximate surface area is 91.9 Å². The molecule has 1 aliphatic carbocycles. The second kappa shape index (κ2) is 7.46. The van der Waals surface area contributed by atoms with E-state index >= 15 is 0 Å². The third-order valence-corrected chi connectivity index (χ3v) is 2.55. The fraction of sp³-hybridized carbons (Fsp3) is 0.750. The highest BCUT2D eigenvalue weighted by Gasteiger charge is 2.13. The summed E-state index contributed by atoms with van der Waals surface area (Å²) in [5, 5.41) is 2.92. The minimum atomic E-state index is 0.169. The molecule has 3 nitrogen and oxygen atoms in total. The van der Waals surface area contributed by atoms with Gasteiger partial charge in [-0.25, -0.2) is 0 Å². The zero-order valence-corrected chi connectivity index (χ0v) is 9.50. The van der Waals surface area contributed by atoms with Crippen molar-refractivity contribution in [3.8, 4) is 0 Å². The number of carbonyl (C=O) groups excluding carboxylic acids is 1. The molecular formula is C12H21NO2. The molecule has 1 N–H and O–H groups in total. The summed E-state index contributed by atoms with van der Waals surface area (Å²) in [4.78, 5) is 11.4. The summed E-state index contributed by atoms with van der Waals surface area (Å²) >= 11 is 0. The van der Waals surface area contributed by atoms with Crippen LogP contribution in [0.15, 0.2) is 12.2 Å². The van der Waals surface area contributed by atoms with Crippen LogP contribution in [0.25, 0.3) is 0 Å². The zero-order valence-electron chi connectivity index (χ0n) is 9.50. The van der Waals surface area contributed by atoms with Gasteiger partial charge in [0.1, 0.15) is 0 Å². The van der Waals surface area contributed by atoms with Crippen LogP contribution in [0.4, 0.5) is 0 Å². The highest BCUT2D eigenvalue weighted by molar-refractivity contribution is 5.76. The van der Waals surface area contributed by atoms with E-state index in [1.54, 1.807) is 0 Å². The van der Waals surface area contributed by atoms with E-state index in [1.165, 1.54) is 0 Å². The normalized spacial score (nSPS) is 19.4. The van der Waals surface area contributed by atoms with Crippen LogP contribution in [0.3, 0.4) is 0 Å². The molecule has 0 radical (unpaired) electrons. The maximum Gasteiger partial charge on any atom is 0.220 e. The fourth-order valence-corrected chi connectivity index (χ4v) is 1.72. The number of hydrogen-bond donors (Lipinski definition) is 1. The predicted molar refractivity (Wildman–Crippen MR) is 60.6 cm³/mol. The maximum absolute atomic E-state index is 11.4. The molecule has 86 valence electrons. The summed E-state index contributed by atoms with van der Waals surface area (Å²) in [6.07, 6.45) is 8.12. The molecule has 0 aromatic carbocycles. The van der Waals surface area contributed by atoms with E-state index in [0.717, 1.165) is 39.0 Å². The molecule has 1 unspecified atom stereocenters. The van der Waals surface area contributed by atoms with Crippen LogP contribution in [0.1, 0.15) is 32.6 Å². The van der Waals surface area contributed by atoms with Crippen molar-refractivity contribution >= 4 is 5.91 Å². The Hall–Kier alpha value is -0.830. The lowest BCUT2D eigenvalue weighted by molar-refractivity contribution is -0.121. The Morgan fingerprint density at radius 1 is 1.60 bits per heavy atom. The number of rotatable bonds is 7. The average molecular weight is 211 g/mol. The van der Waals surface area contributed by atoms with Gasteiger partial charge in [-0.3, -0.25) is 4.79 Å². The number of carbonyl (C=O) groups is 1. The molecule has 0 fully saturated rings. The van der Waals surface area contributed by atoms with E-state index in [9.17, 15) is 4.79 Å². The highest BCUT2D eigenvalue weighted by atomic mass is 16.5. The summed E-state index contributed by atoms with van der Waals surface area (Å²) in [6, 6.07) is 0. The highest BCUT2D eigenvalue weighted by Crippen LogP contribution is 2.19. The fourth-order valence-electron chi connectivity index (χ4n) is 1.72. The number of amides is 1. The molecular weight excluding hydrogens is 190 g/mol. The summed E-state index contributed by atoms with van der Waals surface area (Å²) in [5.41, 5.74) is 0. The van der Waals surface area contributed by atoms with Crippen molar-refractivity contribution in [1.82, 2.24) is 5.32 Å². The van der Waals surface area contributed by atoms with E-state index in [-0.39, 0.29) is 5.91 Å². The number of allylic oxidation sites excluding steroid dienone is 2. The Balaban J connectivity index is 1.96. The van der Waals surface area contributed by atoms with Gasteiger partial charge in [-0.05, 0) is 32.1 Å². The first-order chi connectivity index (χ1) is 7.33. The van der Waals surface area contributed by atoms with Crippen molar-refractivity contribution in [2.75, 3.05) is 19.8 Å². The van der Waals surface area contributed by atoms with Crippen LogP contribution >= 0.6 is 0 Å². The molecule has 0 saturated carbocycles. The first-order valence-corrected chi connectivity index (χ1v) is 5.84. The molecule has 0 aromatic rings. The number of nitrogens with one attached hydrogen (secondary N) is 1. The smallest absolute Gasteiger partial charge is 0.220 e. The van der Waals surface area contributed by atoms with Crippen molar-refractivity contribution in [2.45, 2.75) is 32.6 Å². The second-order valence-electron chi connectivity index (χ2n) is 3.87. The molecule has 1 aliphatic rings. The topological polar surface area (TPSA) is 38.3 Å². The molecule has 0 spiro atoms. The van der Waals surface area contributed by atoms with Gasteiger partial charge in [0, 0.05) is 26.2 Å². The molecule has 0 aromatic heterocycles. The lowest BCUT2D eigenvalue weighted by Gasteiger charge is -2.08. The van der Waals surface area contributed by atoms with Crippen LogP contribution in [0.2, 0.25) is 0 Å². The van der Waals surface area contributed by atoms with E-state index in [4.69, 9.17) is 4.74 Å². The summed E-state index contributed by atoms with van der Waals surface area (Å²) < 4.78 is 5.19. The van der Waals surface area contributed by atoms with Crippen LogP contribution in [0.5, 0.6) is 0 Å². The first-order valence-electron chi connectivity index (χ1n) is 5.84. The Morgan fingerprint density at radius 2 is 2.47 bits per heavy atom. The van der Waals surface area contributed by atoms with E-state index in [2.05, 4.69) is 17.5 Å². The standard InChI is InChI=1S/C12H21NO2/c1-2-15-9-5-8-13-12(14)10-11-6-3-4-7-11/h3,6,11H,2,4-5,7-10H2,1H3,(H,13,14). The van der Waals surface area contributed by atoms with E-state index < -0.39 is 0 Å². The molecule has 15 heavy (non-hydrogen) atoms. The second-order valence-corrected chi connectivity index (χ2v) is 3.87. The first kappa shape index (κ1) is 12.2. The summed E-state index contributed by atoms with van der Waals surface area (Å²) in [7, 11) is 0. The Morgan fingerprint density at radius 3 is 3.13 bits per heavy atom. The van der Waals surface area contributed by atoms with Gasteiger partial charge in [-0.1, -0.05) is 12.2 Å². The third kappa shape index (κ3) is 5.57. The molecule has 0 bridgehead atoms. The lowest BCUT2D eigenvalue weighted by Crippen LogP contribution is -2.26. The van der Waals surface area contributed by atoms with Gasteiger partial charge in [0.2, 0.25) is 5.91 Å². The van der Waals surface area contributed by atoms with Crippen LogP contribution in [-0.2, 0) is 9.53 Å². The monoisotopic (exact) mass is 211 g/mol. The minimum Gasteiger partial charge on any atom is -0.382 e. The third-order valence-electron chi connectivity index (χ3n) is 2.55. The predicted octanol–water partition coefficient (Wildman–Crippen LogP) is 1.89. The van der Waals surface area contributed by atoms with Gasteiger partial charge in [-0.15, -0.1) is 0 Å². The Bertz CT molecular complexity index is 214. The van der Waals surface area contributed by atoms with Crippen molar-refractivity contribution in [3.63, 3.8) is 0 Å². The molecule has 0 aliphatic heterocycles.